The fourth-order valence-electron chi connectivity index (χ4n) is 2.16. The maximum atomic E-state index is 11.4. The van der Waals surface area contributed by atoms with E-state index in [-0.39, 0.29) is 23.7 Å². The van der Waals surface area contributed by atoms with Crippen LogP contribution in [0.3, 0.4) is 0 Å². The topological polar surface area (TPSA) is 85.2 Å². The van der Waals surface area contributed by atoms with Crippen LogP contribution in [0.15, 0.2) is 52.9 Å². The summed E-state index contributed by atoms with van der Waals surface area (Å²) in [6.07, 6.45) is 1.88. The maximum Gasteiger partial charge on any atom is 0.353 e. The molecule has 0 bridgehead atoms. The second kappa shape index (κ2) is 8.82. The second-order valence-electron chi connectivity index (χ2n) is 5.21. The first kappa shape index (κ1) is 17.7. The van der Waals surface area contributed by atoms with Gasteiger partial charge in [-0.2, -0.15) is 0 Å². The van der Waals surface area contributed by atoms with Crippen LogP contribution >= 0.6 is 0 Å². The van der Waals surface area contributed by atoms with Crippen LogP contribution in [-0.2, 0) is 25.7 Å². The molecule has 0 saturated carbocycles. The van der Waals surface area contributed by atoms with Gasteiger partial charge >= 0.3 is 5.97 Å². The normalized spacial score (nSPS) is 16.9. The van der Waals surface area contributed by atoms with Crippen molar-refractivity contribution in [3.8, 4) is 0 Å². The summed E-state index contributed by atoms with van der Waals surface area (Å²) >= 11 is 0. The van der Waals surface area contributed by atoms with Crippen molar-refractivity contribution in [3.63, 3.8) is 0 Å². The predicted molar refractivity (Wildman–Crippen MR) is 88.2 cm³/mol. The van der Waals surface area contributed by atoms with Gasteiger partial charge in [-0.05, 0) is 12.0 Å². The van der Waals surface area contributed by atoms with Gasteiger partial charge in [0.15, 0.2) is 11.5 Å². The van der Waals surface area contributed by atoms with Crippen LogP contribution in [0.1, 0.15) is 25.3 Å². The summed E-state index contributed by atoms with van der Waals surface area (Å²) in [5.74, 6) is 0.720. The molecule has 1 N–H and O–H groups in total. The van der Waals surface area contributed by atoms with Gasteiger partial charge in [-0.25, -0.2) is 14.6 Å². The van der Waals surface area contributed by atoms with Gasteiger partial charge in [0.2, 0.25) is 0 Å². The molecule has 6 heteroatoms. The summed E-state index contributed by atoms with van der Waals surface area (Å²) in [6, 6.07) is 9.26. The van der Waals surface area contributed by atoms with Crippen LogP contribution in [0.25, 0.3) is 0 Å². The van der Waals surface area contributed by atoms with E-state index in [4.69, 9.17) is 9.47 Å². The van der Waals surface area contributed by atoms with E-state index >= 15 is 0 Å². The van der Waals surface area contributed by atoms with Gasteiger partial charge in [0, 0.05) is 0 Å². The summed E-state index contributed by atoms with van der Waals surface area (Å²) in [5.41, 5.74) is 0.622. The summed E-state index contributed by atoms with van der Waals surface area (Å²) in [6.45, 7) is 2.57. The summed E-state index contributed by atoms with van der Waals surface area (Å²) in [5, 5.41) is 9.30. The van der Waals surface area contributed by atoms with E-state index < -0.39 is 12.1 Å². The first-order chi connectivity index (χ1) is 11.7. The molecule has 126 valence electrons. The smallest absolute Gasteiger partial charge is 0.353 e. The van der Waals surface area contributed by atoms with Gasteiger partial charge in [-0.15, -0.1) is 0 Å². The molecule has 1 unspecified atom stereocenters. The molecule has 24 heavy (non-hydrogen) atoms. The number of carbonyl (C=O) groups is 1. The summed E-state index contributed by atoms with van der Waals surface area (Å²) in [4.78, 5) is 26.6. The molecule has 1 atom stereocenters. The third-order valence-corrected chi connectivity index (χ3v) is 3.44. The number of hydrogen-bond donors (Lipinski definition) is 1. The Balaban J connectivity index is 2.19. The molecular formula is C18H19NO5. The molecular weight excluding hydrogens is 310 g/mol. The van der Waals surface area contributed by atoms with E-state index in [0.717, 1.165) is 18.4 Å². The van der Waals surface area contributed by atoms with E-state index in [9.17, 15) is 14.7 Å². The number of ether oxygens (including phenoxy) is 2. The molecule has 0 aromatic heterocycles. The largest absolute Gasteiger partial charge is 0.491 e. The monoisotopic (exact) mass is 329 g/mol. The van der Waals surface area contributed by atoms with Crippen LogP contribution in [0.5, 0.6) is 0 Å². The molecule has 1 aliphatic heterocycles. The fraction of sp³-hybridized carbons (Fsp3) is 0.333. The Morgan fingerprint density at radius 3 is 2.71 bits per heavy atom. The lowest BCUT2D eigenvalue weighted by Gasteiger charge is -2.23. The van der Waals surface area contributed by atoms with Gasteiger partial charge in [0.1, 0.15) is 17.6 Å². The van der Waals surface area contributed by atoms with Crippen molar-refractivity contribution in [3.05, 3.63) is 53.4 Å². The highest BCUT2D eigenvalue weighted by Crippen LogP contribution is 2.23. The van der Waals surface area contributed by atoms with Gasteiger partial charge in [-0.1, -0.05) is 43.7 Å². The zero-order valence-corrected chi connectivity index (χ0v) is 13.4. The number of hydrogen-bond acceptors (Lipinski definition) is 5. The number of benzene rings is 1. The van der Waals surface area contributed by atoms with Crippen molar-refractivity contribution in [2.24, 2.45) is 4.99 Å². The highest BCUT2D eigenvalue weighted by Gasteiger charge is 2.34. The Morgan fingerprint density at radius 1 is 1.33 bits per heavy atom. The lowest BCUT2D eigenvalue weighted by molar-refractivity contribution is -0.130. The van der Waals surface area contributed by atoms with E-state index in [2.05, 4.69) is 4.99 Å². The average molecular weight is 329 g/mol. The van der Waals surface area contributed by atoms with Crippen LogP contribution < -0.4 is 0 Å². The zero-order valence-electron chi connectivity index (χ0n) is 13.4. The minimum absolute atomic E-state index is 0.0226. The highest BCUT2D eigenvalue weighted by atomic mass is 16.5. The average Bonchev–Trinajstić information content (AvgIpc) is 2.60. The molecule has 0 fully saturated rings. The molecule has 1 aromatic rings. The van der Waals surface area contributed by atoms with E-state index in [1.165, 1.54) is 6.20 Å². The number of rotatable bonds is 8. The summed E-state index contributed by atoms with van der Waals surface area (Å²) < 4.78 is 11.2. The molecule has 1 aromatic carbocycles. The SMILES string of the molecule is CCCCOC1=CN=C(C(=O)O)C(OCc2ccccc2)C1=C=O. The fourth-order valence-corrected chi connectivity index (χ4v) is 2.16. The molecule has 0 saturated heterocycles. The number of unbranched alkanes of at least 4 members (excludes halogenated alkanes) is 1. The van der Waals surface area contributed by atoms with Gasteiger partial charge in [0.05, 0.1) is 19.4 Å². The first-order valence-electron chi connectivity index (χ1n) is 7.72. The summed E-state index contributed by atoms with van der Waals surface area (Å²) in [7, 11) is 0. The number of aliphatic carboxylic acids is 1. The van der Waals surface area contributed by atoms with Crippen LogP contribution in [0, 0.1) is 0 Å². The molecule has 2 rings (SSSR count). The van der Waals surface area contributed by atoms with Crippen molar-refractivity contribution < 1.29 is 24.2 Å². The van der Waals surface area contributed by atoms with E-state index in [1.807, 2.05) is 37.3 Å². The lowest BCUT2D eigenvalue weighted by atomic mass is 10.0. The molecule has 6 nitrogen and oxygen atoms in total. The molecule has 0 aliphatic carbocycles. The van der Waals surface area contributed by atoms with Crippen molar-refractivity contribution in [1.29, 1.82) is 0 Å². The van der Waals surface area contributed by atoms with Crippen molar-refractivity contribution >= 4 is 17.6 Å². The number of aliphatic imine (C=N–C) groups is 1. The molecule has 0 radical (unpaired) electrons. The van der Waals surface area contributed by atoms with Crippen molar-refractivity contribution in [1.82, 2.24) is 0 Å². The minimum atomic E-state index is -1.25. The Labute approximate surface area is 140 Å². The van der Waals surface area contributed by atoms with Crippen LogP contribution in [0.2, 0.25) is 0 Å². The van der Waals surface area contributed by atoms with Crippen LogP contribution in [0.4, 0.5) is 0 Å². The molecule has 0 spiro atoms. The third kappa shape index (κ3) is 4.41. The van der Waals surface area contributed by atoms with Crippen molar-refractivity contribution in [2.45, 2.75) is 32.5 Å². The van der Waals surface area contributed by atoms with E-state index in [0.29, 0.717) is 6.61 Å². The molecule has 1 heterocycles. The standard InChI is InChI=1S/C18H19NO5/c1-2-3-9-23-15-10-19-16(18(21)22)17(14(15)11-20)24-12-13-7-5-4-6-8-13/h4-8,10,17H,2-3,9,12H2,1H3,(H,21,22). The van der Waals surface area contributed by atoms with E-state index in [1.54, 1.807) is 5.94 Å². The first-order valence-corrected chi connectivity index (χ1v) is 7.72. The third-order valence-electron chi connectivity index (χ3n) is 3.44. The number of carboxylic acids is 1. The van der Waals surface area contributed by atoms with Gasteiger partial charge < -0.3 is 14.6 Å². The Morgan fingerprint density at radius 2 is 2.08 bits per heavy atom. The number of nitrogens with zero attached hydrogens (tertiary/aromatic N) is 1. The highest BCUT2D eigenvalue weighted by molar-refractivity contribution is 6.39. The quantitative estimate of drug-likeness (QED) is 0.585. The Kier molecular flexibility index (Phi) is 6.49. The van der Waals surface area contributed by atoms with Gasteiger partial charge in [-0.3, -0.25) is 0 Å². The molecule has 1 aliphatic rings. The maximum absolute atomic E-state index is 11.4. The number of carbonyl (C=O) groups excluding carboxylic acids is 1. The zero-order chi connectivity index (χ0) is 17.4. The van der Waals surface area contributed by atoms with Crippen molar-refractivity contribution in [2.75, 3.05) is 6.61 Å². The Hall–Kier alpha value is -2.69. The van der Waals surface area contributed by atoms with Gasteiger partial charge in [0.25, 0.3) is 0 Å². The second-order valence-corrected chi connectivity index (χ2v) is 5.21. The Bertz CT molecular complexity index is 687. The molecule has 0 amide bonds. The lowest BCUT2D eigenvalue weighted by Crippen LogP contribution is -2.36. The van der Waals surface area contributed by atoms with Crippen LogP contribution in [-0.4, -0.2) is 35.4 Å². The minimum Gasteiger partial charge on any atom is -0.491 e. The number of carboxylic acid groups (broad SMARTS) is 1. The predicted octanol–water partition coefficient (Wildman–Crippen LogP) is 2.53.